The zero-order valence-corrected chi connectivity index (χ0v) is 17.1. The summed E-state index contributed by atoms with van der Waals surface area (Å²) in [5.41, 5.74) is 1.99. The predicted octanol–water partition coefficient (Wildman–Crippen LogP) is 7.86. The van der Waals surface area contributed by atoms with Crippen molar-refractivity contribution >= 4 is 42.3 Å². The number of rotatable bonds is 2. The summed E-state index contributed by atoms with van der Waals surface area (Å²) >= 11 is 1.81. The van der Waals surface area contributed by atoms with Gasteiger partial charge < -0.3 is 0 Å². The van der Waals surface area contributed by atoms with E-state index in [4.69, 9.17) is 2.74 Å². The van der Waals surface area contributed by atoms with Crippen LogP contribution in [0.2, 0.25) is 0 Å². The fourth-order valence-corrected chi connectivity index (χ4v) is 4.91. The van der Waals surface area contributed by atoms with Crippen LogP contribution in [0.3, 0.4) is 0 Å². The zero-order chi connectivity index (χ0) is 21.1. The molecule has 2 heteroatoms. The topological polar surface area (TPSA) is 12.9 Å². The van der Waals surface area contributed by atoms with Gasteiger partial charge in [0.2, 0.25) is 0 Å². The SMILES string of the molecule is [2H]C([2H])(c1ccnc(-c2ccc3sc4ccc5ccccc5c4c3c2)c1)C(C)(C)C. The van der Waals surface area contributed by atoms with Gasteiger partial charge in [-0.05, 0) is 58.5 Å². The maximum absolute atomic E-state index is 8.62. The fourth-order valence-electron chi connectivity index (χ4n) is 3.81. The molecule has 0 spiro atoms. The highest BCUT2D eigenvalue weighted by Gasteiger charge is 2.13. The lowest BCUT2D eigenvalue weighted by molar-refractivity contribution is 0.411. The normalized spacial score (nSPS) is 13.8. The summed E-state index contributed by atoms with van der Waals surface area (Å²) in [6.07, 6.45) is 0.277. The van der Waals surface area contributed by atoms with E-state index in [0.29, 0.717) is 5.56 Å². The van der Waals surface area contributed by atoms with Crippen LogP contribution >= 0.6 is 11.3 Å². The summed E-state index contributed by atoms with van der Waals surface area (Å²) in [7, 11) is 0. The summed E-state index contributed by atoms with van der Waals surface area (Å²) in [6.45, 7) is 5.80. The second kappa shape index (κ2) is 6.42. The van der Waals surface area contributed by atoms with Gasteiger partial charge in [0.1, 0.15) is 0 Å². The van der Waals surface area contributed by atoms with Crippen molar-refractivity contribution in [3.63, 3.8) is 0 Å². The molecule has 28 heavy (non-hydrogen) atoms. The maximum Gasteiger partial charge on any atom is 0.0704 e. The predicted molar refractivity (Wildman–Crippen MR) is 123 cm³/mol. The number of benzene rings is 3. The van der Waals surface area contributed by atoms with Crippen molar-refractivity contribution in [1.29, 1.82) is 0 Å². The number of hydrogen-bond donors (Lipinski definition) is 0. The highest BCUT2D eigenvalue weighted by atomic mass is 32.1. The molecule has 2 heterocycles. The van der Waals surface area contributed by atoms with E-state index in [1.165, 1.54) is 30.9 Å². The molecule has 5 aromatic rings. The third-order valence-corrected chi connectivity index (χ3v) is 6.07. The molecule has 0 aliphatic rings. The molecule has 0 N–H and O–H groups in total. The van der Waals surface area contributed by atoms with Gasteiger partial charge in [0.15, 0.2) is 0 Å². The average Bonchev–Trinajstić information content (AvgIpc) is 3.11. The molecule has 0 fully saturated rings. The molecule has 0 amide bonds. The van der Waals surface area contributed by atoms with Gasteiger partial charge in [-0.1, -0.05) is 57.2 Å². The molecule has 0 aliphatic heterocycles. The van der Waals surface area contributed by atoms with Gasteiger partial charge in [-0.2, -0.15) is 0 Å². The van der Waals surface area contributed by atoms with Crippen molar-refractivity contribution in [3.05, 3.63) is 78.5 Å². The summed E-state index contributed by atoms with van der Waals surface area (Å²) in [5, 5.41) is 5.03. The Hall–Kier alpha value is -2.71. The number of fused-ring (bicyclic) bond motifs is 5. The van der Waals surface area contributed by atoms with Crippen LogP contribution in [0.15, 0.2) is 72.9 Å². The van der Waals surface area contributed by atoms with E-state index in [1.54, 1.807) is 12.3 Å². The third kappa shape index (κ3) is 3.08. The van der Waals surface area contributed by atoms with Crippen LogP contribution in [-0.2, 0) is 6.37 Å². The number of pyridine rings is 1. The molecule has 0 radical (unpaired) electrons. The Balaban J connectivity index is 1.72. The van der Waals surface area contributed by atoms with Gasteiger partial charge in [-0.25, -0.2) is 0 Å². The Bertz CT molecular complexity index is 1410. The summed E-state index contributed by atoms with van der Waals surface area (Å²) in [5.74, 6) is 0. The van der Waals surface area contributed by atoms with E-state index in [-0.39, 0.29) is 0 Å². The van der Waals surface area contributed by atoms with Crippen molar-refractivity contribution in [2.24, 2.45) is 5.41 Å². The monoisotopic (exact) mass is 383 g/mol. The molecule has 0 bridgehead atoms. The standard InChI is InChI=1S/C26H23NS/c1-26(2,3)16-17-12-13-27-22(14-17)19-9-10-23-21(15-19)25-20-7-5-4-6-18(20)8-11-24(25)28-23/h4-15H,16H2,1-3H3/i16D2. The third-order valence-electron chi connectivity index (χ3n) is 4.93. The first-order valence-electron chi connectivity index (χ1n) is 10.6. The molecule has 138 valence electrons. The van der Waals surface area contributed by atoms with Gasteiger partial charge in [0, 0.05) is 34.7 Å². The lowest BCUT2D eigenvalue weighted by atomic mass is 9.88. The lowest BCUT2D eigenvalue weighted by Crippen LogP contribution is -2.09. The molecule has 5 rings (SSSR count). The minimum atomic E-state index is -1.44. The first kappa shape index (κ1) is 15.2. The second-order valence-corrected chi connectivity index (χ2v) is 9.36. The Morgan fingerprint density at radius 3 is 2.57 bits per heavy atom. The van der Waals surface area contributed by atoms with Crippen LogP contribution in [0.1, 0.15) is 29.1 Å². The average molecular weight is 384 g/mol. The number of nitrogens with zero attached hydrogens (tertiary/aromatic N) is 1. The first-order chi connectivity index (χ1) is 14.3. The van der Waals surface area contributed by atoms with Crippen LogP contribution in [-0.4, -0.2) is 4.98 Å². The van der Waals surface area contributed by atoms with E-state index in [9.17, 15) is 0 Å². The Morgan fingerprint density at radius 2 is 1.71 bits per heavy atom. The molecule has 0 unspecified atom stereocenters. The fraction of sp³-hybridized carbons (Fsp3) is 0.192. The van der Waals surface area contributed by atoms with Crippen LogP contribution in [0.5, 0.6) is 0 Å². The van der Waals surface area contributed by atoms with E-state index in [0.717, 1.165) is 11.3 Å². The Kier molecular flexibility index (Phi) is 3.50. The van der Waals surface area contributed by atoms with E-state index in [2.05, 4.69) is 59.6 Å². The Morgan fingerprint density at radius 1 is 0.893 bits per heavy atom. The number of aromatic nitrogens is 1. The van der Waals surface area contributed by atoms with Crippen molar-refractivity contribution in [3.8, 4) is 11.3 Å². The number of thiophene rings is 1. The molecule has 0 atom stereocenters. The van der Waals surface area contributed by atoms with Crippen molar-refractivity contribution in [2.45, 2.75) is 27.1 Å². The molecular formula is C26H23NS. The van der Waals surface area contributed by atoms with Crippen molar-refractivity contribution in [1.82, 2.24) is 4.98 Å². The second-order valence-electron chi connectivity index (χ2n) is 8.28. The Labute approximate surface area is 172 Å². The molecular weight excluding hydrogens is 358 g/mol. The van der Waals surface area contributed by atoms with Crippen LogP contribution in [0.4, 0.5) is 0 Å². The molecule has 0 aliphatic carbocycles. The highest BCUT2D eigenvalue weighted by molar-refractivity contribution is 7.26. The van der Waals surface area contributed by atoms with Gasteiger partial charge in [0.25, 0.3) is 0 Å². The van der Waals surface area contributed by atoms with Gasteiger partial charge in [0.05, 0.1) is 5.69 Å². The lowest BCUT2D eigenvalue weighted by Gasteiger charge is -2.18. The van der Waals surface area contributed by atoms with E-state index < -0.39 is 11.8 Å². The van der Waals surface area contributed by atoms with E-state index in [1.807, 2.05) is 38.2 Å². The molecule has 0 saturated carbocycles. The van der Waals surface area contributed by atoms with Gasteiger partial charge in [-0.15, -0.1) is 11.3 Å². The van der Waals surface area contributed by atoms with Gasteiger partial charge in [-0.3, -0.25) is 4.98 Å². The van der Waals surface area contributed by atoms with E-state index >= 15 is 0 Å². The smallest absolute Gasteiger partial charge is 0.0704 e. The maximum atomic E-state index is 8.62. The highest BCUT2D eigenvalue weighted by Crippen LogP contribution is 2.40. The van der Waals surface area contributed by atoms with Crippen molar-refractivity contribution < 1.29 is 2.74 Å². The largest absolute Gasteiger partial charge is 0.256 e. The summed E-state index contributed by atoms with van der Waals surface area (Å²) in [4.78, 5) is 4.58. The molecule has 0 saturated heterocycles. The van der Waals surface area contributed by atoms with Crippen LogP contribution < -0.4 is 0 Å². The summed E-state index contributed by atoms with van der Waals surface area (Å²) < 4.78 is 19.8. The summed E-state index contributed by atoms with van der Waals surface area (Å²) in [6, 6.07) is 23.1. The van der Waals surface area contributed by atoms with Crippen LogP contribution in [0, 0.1) is 5.41 Å². The first-order valence-corrected chi connectivity index (χ1v) is 10.4. The molecule has 1 nitrogen and oxygen atoms in total. The van der Waals surface area contributed by atoms with Gasteiger partial charge >= 0.3 is 0 Å². The minimum absolute atomic E-state index is 0.502. The molecule has 2 aromatic heterocycles. The minimum Gasteiger partial charge on any atom is -0.256 e. The van der Waals surface area contributed by atoms with Crippen molar-refractivity contribution in [2.75, 3.05) is 0 Å². The quantitative estimate of drug-likeness (QED) is 0.302. The number of hydrogen-bond acceptors (Lipinski definition) is 2. The molecule has 3 aromatic carbocycles. The zero-order valence-electron chi connectivity index (χ0n) is 18.3. The van der Waals surface area contributed by atoms with Crippen LogP contribution in [0.25, 0.3) is 42.2 Å².